The van der Waals surface area contributed by atoms with E-state index in [-0.39, 0.29) is 5.17 Å². The summed E-state index contributed by atoms with van der Waals surface area (Å²) in [6.07, 6.45) is 0. The van der Waals surface area contributed by atoms with E-state index in [0.717, 1.165) is 4.78 Å². The van der Waals surface area contributed by atoms with Gasteiger partial charge in [0.2, 0.25) is 0 Å². The fourth-order valence-electron chi connectivity index (χ4n) is 1.53. The lowest BCUT2D eigenvalue weighted by Gasteiger charge is -2.26. The second-order valence-electron chi connectivity index (χ2n) is 3.71. The Morgan fingerprint density at radius 2 is 1.71 bits per heavy atom. The van der Waals surface area contributed by atoms with Crippen molar-refractivity contribution >= 4 is 56.0 Å². The van der Waals surface area contributed by atoms with E-state index in [2.05, 4.69) is 23.1 Å². The van der Waals surface area contributed by atoms with E-state index < -0.39 is 20.7 Å². The number of hydrazine groups is 1. The second kappa shape index (κ2) is 5.20. The zero-order chi connectivity index (χ0) is 15.1. The Bertz CT molecular complexity index is 701. The van der Waals surface area contributed by atoms with Gasteiger partial charge < -0.3 is 9.05 Å². The number of thiocarbonyl (C=S) groups is 2. The summed E-state index contributed by atoms with van der Waals surface area (Å²) in [5.41, 5.74) is 4.91. The minimum atomic E-state index is -4.32. The fourth-order valence-corrected chi connectivity index (χ4v) is 5.48. The van der Waals surface area contributed by atoms with Crippen molar-refractivity contribution in [1.29, 1.82) is 0 Å². The highest BCUT2D eigenvalue weighted by molar-refractivity contribution is 7.81. The number of nitrogens with zero attached hydrogens (tertiary/aromatic N) is 1. The quantitative estimate of drug-likeness (QED) is 0.565. The van der Waals surface area contributed by atoms with Crippen molar-refractivity contribution in [3.8, 4) is 0 Å². The molecule has 13 heteroatoms. The maximum Gasteiger partial charge on any atom is 0.600 e. The predicted octanol–water partition coefficient (Wildman–Crippen LogP) is 2.38. The first-order chi connectivity index (χ1) is 9.90. The number of phosphoric ester groups is 1. The van der Waals surface area contributed by atoms with Crippen molar-refractivity contribution in [2.24, 2.45) is 0 Å². The highest BCUT2D eigenvalue weighted by atomic mass is 32.1. The number of nitrogens with one attached hydrogen (secondary N) is 2. The Balaban J connectivity index is 2.09. The zero-order valence-electron chi connectivity index (χ0n) is 9.99. The smallest absolute Gasteiger partial charge is 0.366 e. The molecule has 21 heavy (non-hydrogen) atoms. The lowest BCUT2D eigenvalue weighted by molar-refractivity contribution is 0.223. The van der Waals surface area contributed by atoms with Crippen LogP contribution in [0.25, 0.3) is 0 Å². The van der Waals surface area contributed by atoms with E-state index in [9.17, 15) is 9.13 Å². The molecule has 2 N–H and O–H groups in total. The van der Waals surface area contributed by atoms with Gasteiger partial charge in [0, 0.05) is 0 Å². The second-order valence-corrected chi connectivity index (χ2v) is 7.88. The van der Waals surface area contributed by atoms with Crippen molar-refractivity contribution in [3.63, 3.8) is 0 Å². The van der Waals surface area contributed by atoms with Crippen LogP contribution in [0.15, 0.2) is 30.3 Å². The Hall–Kier alpha value is -1.22. The molecule has 0 amide bonds. The third kappa shape index (κ3) is 2.89. The molecular weight excluding hydrogens is 360 g/mol. The summed E-state index contributed by atoms with van der Waals surface area (Å²) >= 11 is 9.53. The van der Waals surface area contributed by atoms with E-state index in [0.29, 0.717) is 5.69 Å². The van der Waals surface area contributed by atoms with Gasteiger partial charge >= 0.3 is 15.6 Å². The van der Waals surface area contributed by atoms with Gasteiger partial charge in [-0.3, -0.25) is 0 Å². The van der Waals surface area contributed by atoms with Crippen LogP contribution in [-0.2, 0) is 27.1 Å². The summed E-state index contributed by atoms with van der Waals surface area (Å²) in [6.45, 7) is 0. The Kier molecular flexibility index (Phi) is 3.64. The van der Waals surface area contributed by atoms with Gasteiger partial charge in [0.25, 0.3) is 10.3 Å². The van der Waals surface area contributed by atoms with Crippen molar-refractivity contribution in [2.75, 3.05) is 4.78 Å². The van der Waals surface area contributed by atoms with Crippen molar-refractivity contribution in [3.05, 3.63) is 30.3 Å². The molecule has 1 aromatic carbocycles. The molecular formula is C8H7N3O6P2S2. The molecule has 0 radical (unpaired) electrons. The van der Waals surface area contributed by atoms with Gasteiger partial charge in [0.05, 0.1) is 5.69 Å². The first kappa shape index (κ1) is 14.7. The van der Waals surface area contributed by atoms with E-state index in [1.165, 1.54) is 0 Å². The molecule has 2 aliphatic rings. The molecule has 9 nitrogen and oxygen atoms in total. The third-order valence-electron chi connectivity index (χ3n) is 2.28. The standard InChI is InChI=1S/C8H7N3O6P2S2/c12-18-11(6-4-2-1-3-5-6)9-7(20)14-19(13,17-18)15-8(21)10-16-18/h1-5H,(H,9,20)(H,10,21). The van der Waals surface area contributed by atoms with Crippen LogP contribution in [0, 0.1) is 0 Å². The van der Waals surface area contributed by atoms with Gasteiger partial charge in [0.15, 0.2) is 0 Å². The van der Waals surface area contributed by atoms with E-state index in [1.807, 2.05) is 0 Å². The average molecular weight is 367 g/mol. The Morgan fingerprint density at radius 1 is 1.05 bits per heavy atom. The van der Waals surface area contributed by atoms with Gasteiger partial charge in [-0.1, -0.05) is 18.2 Å². The molecule has 0 spiro atoms. The Labute approximate surface area is 129 Å². The molecule has 1 aromatic rings. The highest BCUT2D eigenvalue weighted by Gasteiger charge is 2.53. The SMILES string of the molecule is O=P12OC(=S)NOP(=O)(O1)N(c1ccccc1)NC(=S)O2. The molecule has 2 bridgehead atoms. The number of para-hydroxylation sites is 1. The summed E-state index contributed by atoms with van der Waals surface area (Å²) in [5, 5.41) is -0.818. The van der Waals surface area contributed by atoms with Gasteiger partial charge in [-0.05, 0) is 36.6 Å². The zero-order valence-corrected chi connectivity index (χ0v) is 13.4. The maximum atomic E-state index is 12.8. The Morgan fingerprint density at radius 3 is 2.43 bits per heavy atom. The molecule has 0 saturated carbocycles. The molecule has 0 aliphatic carbocycles. The number of hydrogen-bond acceptors (Lipinski definition) is 8. The third-order valence-corrected chi connectivity index (χ3v) is 6.45. The molecule has 3 rings (SSSR count). The monoisotopic (exact) mass is 367 g/mol. The first-order valence-electron chi connectivity index (χ1n) is 5.36. The van der Waals surface area contributed by atoms with Gasteiger partial charge in [-0.15, -0.1) is 0 Å². The predicted molar refractivity (Wildman–Crippen MR) is 79.9 cm³/mol. The van der Waals surface area contributed by atoms with E-state index in [1.54, 1.807) is 30.3 Å². The highest BCUT2D eigenvalue weighted by Crippen LogP contribution is 2.69. The van der Waals surface area contributed by atoms with Crippen LogP contribution in [0.1, 0.15) is 0 Å². The topological polar surface area (TPSA) is 98.4 Å². The van der Waals surface area contributed by atoms with Crippen LogP contribution in [-0.4, -0.2) is 10.3 Å². The number of anilines is 1. The molecule has 2 fully saturated rings. The molecule has 2 heterocycles. The largest absolute Gasteiger partial charge is 0.600 e. The molecule has 2 atom stereocenters. The van der Waals surface area contributed by atoms with Crippen LogP contribution >= 0.6 is 40.0 Å². The lowest BCUT2D eigenvalue weighted by Crippen LogP contribution is -2.40. The molecule has 0 aromatic heterocycles. The normalized spacial score (nSPS) is 31.9. The van der Waals surface area contributed by atoms with Crippen LogP contribution in [0.4, 0.5) is 5.69 Å². The van der Waals surface area contributed by atoms with Gasteiger partial charge in [-0.25, -0.2) is 20.0 Å². The lowest BCUT2D eigenvalue weighted by atomic mass is 10.3. The van der Waals surface area contributed by atoms with Crippen LogP contribution in [0.2, 0.25) is 0 Å². The number of fused-ring (bicyclic) bond motifs is 2. The van der Waals surface area contributed by atoms with Crippen LogP contribution < -0.4 is 15.7 Å². The summed E-state index contributed by atoms with van der Waals surface area (Å²) < 4.78 is 45.5. The summed E-state index contributed by atoms with van der Waals surface area (Å²) in [5.74, 6) is 0. The number of benzene rings is 1. The number of hydroxylamine groups is 1. The summed E-state index contributed by atoms with van der Waals surface area (Å²) in [7, 11) is -8.52. The maximum absolute atomic E-state index is 12.8. The van der Waals surface area contributed by atoms with Crippen LogP contribution in [0.3, 0.4) is 0 Å². The fraction of sp³-hybridized carbons (Fsp3) is 0. The number of rotatable bonds is 1. The van der Waals surface area contributed by atoms with Crippen molar-refractivity contribution < 1.29 is 27.1 Å². The van der Waals surface area contributed by atoms with E-state index in [4.69, 9.17) is 30.2 Å². The molecule has 112 valence electrons. The minimum absolute atomic E-state index is 0.367. The van der Waals surface area contributed by atoms with Crippen molar-refractivity contribution in [2.45, 2.75) is 0 Å². The molecule has 2 saturated heterocycles. The van der Waals surface area contributed by atoms with Crippen molar-refractivity contribution in [1.82, 2.24) is 10.9 Å². The number of hydrogen-bond donors (Lipinski definition) is 2. The van der Waals surface area contributed by atoms with Gasteiger partial charge in [-0.2, -0.15) is 13.7 Å². The first-order valence-corrected chi connectivity index (χ1v) is 9.13. The average Bonchev–Trinajstić information content (AvgIpc) is 2.59. The summed E-state index contributed by atoms with van der Waals surface area (Å²) in [6, 6.07) is 8.32. The summed E-state index contributed by atoms with van der Waals surface area (Å²) in [4.78, 5) is 0. The molecule has 2 aliphatic heterocycles. The van der Waals surface area contributed by atoms with Crippen LogP contribution in [0.5, 0.6) is 0 Å². The van der Waals surface area contributed by atoms with E-state index >= 15 is 0 Å². The van der Waals surface area contributed by atoms with Gasteiger partial charge in [0.1, 0.15) is 0 Å². The number of phosphoric acid groups is 1. The molecule has 2 unspecified atom stereocenters. The minimum Gasteiger partial charge on any atom is -0.366 e.